The molecule has 0 radical (unpaired) electrons. The lowest BCUT2D eigenvalue weighted by Crippen LogP contribution is -2.29. The Balaban J connectivity index is 1.71. The molecule has 4 N–H and O–H groups in total. The van der Waals surface area contributed by atoms with E-state index in [9.17, 15) is 34.8 Å². The summed E-state index contributed by atoms with van der Waals surface area (Å²) in [4.78, 5) is 39.3. The summed E-state index contributed by atoms with van der Waals surface area (Å²) in [5, 5.41) is 41.3. The number of aromatic hydroxyl groups is 4. The number of nitrogens with zero attached hydrogens (tertiary/aromatic N) is 1. The standard InChI is InChI=1S/C28H19NO9/c1-29-16-5-3-2-4-12(16)8-15(28(29)36)14-10-21(33)37-20-11-19(32)23-24(34)25(35)26(38-27(23)22(14)20)13-6-7-17(30)18(31)9-13/h2-9,11,14,30-32,35H,10H2,1H3/t14-/m1/s1. The first-order chi connectivity index (χ1) is 18.2. The molecule has 38 heavy (non-hydrogen) atoms. The van der Waals surface area contributed by atoms with Crippen molar-refractivity contribution in [1.29, 1.82) is 0 Å². The molecule has 6 rings (SSSR count). The lowest BCUT2D eigenvalue weighted by Gasteiger charge is -2.26. The van der Waals surface area contributed by atoms with Crippen LogP contribution in [0.1, 0.15) is 23.5 Å². The number of carbonyl (C=O) groups is 1. The maximum Gasteiger partial charge on any atom is 0.312 e. The van der Waals surface area contributed by atoms with Crippen LogP contribution in [0.25, 0.3) is 33.2 Å². The number of ether oxygens (including phenoxy) is 1. The minimum Gasteiger partial charge on any atom is -0.507 e. The summed E-state index contributed by atoms with van der Waals surface area (Å²) < 4.78 is 12.8. The highest BCUT2D eigenvalue weighted by atomic mass is 16.5. The number of pyridine rings is 1. The molecular formula is C28H19NO9. The lowest BCUT2D eigenvalue weighted by atomic mass is 9.85. The van der Waals surface area contributed by atoms with Crippen molar-refractivity contribution in [3.63, 3.8) is 0 Å². The molecule has 0 unspecified atom stereocenters. The van der Waals surface area contributed by atoms with Crippen molar-refractivity contribution in [2.24, 2.45) is 7.05 Å². The second-order valence-corrected chi connectivity index (χ2v) is 9.08. The fourth-order valence-corrected chi connectivity index (χ4v) is 5.00. The quantitative estimate of drug-likeness (QED) is 0.157. The topological polar surface area (TPSA) is 159 Å². The van der Waals surface area contributed by atoms with Crippen LogP contribution in [0.2, 0.25) is 0 Å². The highest BCUT2D eigenvalue weighted by molar-refractivity contribution is 5.94. The molecule has 1 aliphatic rings. The van der Waals surface area contributed by atoms with E-state index in [-0.39, 0.29) is 51.1 Å². The Morgan fingerprint density at radius 1 is 0.895 bits per heavy atom. The minimum atomic E-state index is -0.976. The molecule has 0 saturated carbocycles. The molecule has 10 heteroatoms. The lowest BCUT2D eigenvalue weighted by molar-refractivity contribution is -0.135. The van der Waals surface area contributed by atoms with Crippen LogP contribution in [0.15, 0.2) is 68.6 Å². The second kappa shape index (κ2) is 8.13. The normalized spacial score (nSPS) is 15.0. The van der Waals surface area contributed by atoms with Gasteiger partial charge in [0.2, 0.25) is 11.2 Å². The van der Waals surface area contributed by atoms with Gasteiger partial charge in [-0.3, -0.25) is 14.4 Å². The third kappa shape index (κ3) is 3.30. The number of benzene rings is 3. The van der Waals surface area contributed by atoms with Crippen LogP contribution in [0, 0.1) is 0 Å². The van der Waals surface area contributed by atoms with E-state index >= 15 is 0 Å². The Morgan fingerprint density at radius 2 is 1.66 bits per heavy atom. The first-order valence-electron chi connectivity index (χ1n) is 11.5. The number of phenols is 3. The van der Waals surface area contributed by atoms with E-state index in [0.717, 1.165) is 23.6 Å². The zero-order valence-electron chi connectivity index (χ0n) is 19.8. The average Bonchev–Trinajstić information content (AvgIpc) is 2.89. The largest absolute Gasteiger partial charge is 0.507 e. The van der Waals surface area contributed by atoms with Crippen molar-refractivity contribution < 1.29 is 34.4 Å². The smallest absolute Gasteiger partial charge is 0.312 e. The second-order valence-electron chi connectivity index (χ2n) is 9.08. The third-order valence-electron chi connectivity index (χ3n) is 6.84. The van der Waals surface area contributed by atoms with Gasteiger partial charge in [0.15, 0.2) is 17.3 Å². The van der Waals surface area contributed by atoms with Gasteiger partial charge in [-0.05, 0) is 35.7 Å². The number of hydrogen-bond donors (Lipinski definition) is 4. The van der Waals surface area contributed by atoms with Crippen molar-refractivity contribution >= 4 is 27.8 Å². The minimum absolute atomic E-state index is 0.0554. The third-order valence-corrected chi connectivity index (χ3v) is 6.84. The summed E-state index contributed by atoms with van der Waals surface area (Å²) in [7, 11) is 1.61. The van der Waals surface area contributed by atoms with E-state index in [1.165, 1.54) is 10.6 Å². The summed E-state index contributed by atoms with van der Waals surface area (Å²) in [5.74, 6) is -4.40. The number of fused-ring (bicyclic) bond motifs is 4. The first kappa shape index (κ1) is 23.2. The number of phenolic OH excluding ortho intramolecular Hbond substituents is 3. The van der Waals surface area contributed by atoms with Gasteiger partial charge in [-0.15, -0.1) is 0 Å². The molecule has 0 fully saturated rings. The van der Waals surface area contributed by atoms with E-state index in [4.69, 9.17) is 9.15 Å². The van der Waals surface area contributed by atoms with Crippen LogP contribution in [0.3, 0.4) is 0 Å². The number of esters is 1. The van der Waals surface area contributed by atoms with E-state index < -0.39 is 40.3 Å². The number of rotatable bonds is 2. The summed E-state index contributed by atoms with van der Waals surface area (Å²) in [6.07, 6.45) is -0.250. The maximum atomic E-state index is 13.5. The molecule has 0 amide bonds. The van der Waals surface area contributed by atoms with Gasteiger partial charge in [0.05, 0.1) is 11.9 Å². The van der Waals surface area contributed by atoms with E-state index in [0.29, 0.717) is 5.52 Å². The van der Waals surface area contributed by atoms with Gasteiger partial charge in [-0.2, -0.15) is 0 Å². The number of para-hydroxylation sites is 1. The monoisotopic (exact) mass is 513 g/mol. The molecule has 3 heterocycles. The van der Waals surface area contributed by atoms with Crippen LogP contribution < -0.4 is 15.7 Å². The van der Waals surface area contributed by atoms with Gasteiger partial charge in [0, 0.05) is 35.7 Å². The zero-order valence-corrected chi connectivity index (χ0v) is 19.8. The molecule has 5 aromatic rings. The molecule has 3 aromatic carbocycles. The summed E-state index contributed by atoms with van der Waals surface area (Å²) in [5.41, 5.74) is -0.391. The predicted molar refractivity (Wildman–Crippen MR) is 136 cm³/mol. The van der Waals surface area contributed by atoms with Gasteiger partial charge in [-0.1, -0.05) is 18.2 Å². The summed E-state index contributed by atoms with van der Waals surface area (Å²) in [6, 6.07) is 13.5. The number of aryl methyl sites for hydroxylation is 1. The molecule has 1 aliphatic heterocycles. The van der Waals surface area contributed by atoms with Crippen LogP contribution in [-0.4, -0.2) is 31.0 Å². The molecule has 1 atom stereocenters. The van der Waals surface area contributed by atoms with Crippen molar-refractivity contribution in [3.8, 4) is 40.1 Å². The molecular weight excluding hydrogens is 494 g/mol. The number of aromatic nitrogens is 1. The summed E-state index contributed by atoms with van der Waals surface area (Å²) >= 11 is 0. The highest BCUT2D eigenvalue weighted by Gasteiger charge is 2.36. The van der Waals surface area contributed by atoms with Crippen LogP contribution in [0.4, 0.5) is 0 Å². The van der Waals surface area contributed by atoms with Crippen LogP contribution in [0.5, 0.6) is 28.7 Å². The van der Waals surface area contributed by atoms with E-state index in [1.54, 1.807) is 25.2 Å². The molecule has 190 valence electrons. The Kier molecular flexibility index (Phi) is 4.96. The van der Waals surface area contributed by atoms with Gasteiger partial charge in [0.1, 0.15) is 22.5 Å². The molecule has 0 bridgehead atoms. The van der Waals surface area contributed by atoms with Gasteiger partial charge < -0.3 is 34.1 Å². The predicted octanol–water partition coefficient (Wildman–Crippen LogP) is 3.58. The number of carbonyl (C=O) groups excluding carboxylic acids is 1. The fourth-order valence-electron chi connectivity index (χ4n) is 5.00. The van der Waals surface area contributed by atoms with E-state index in [2.05, 4.69) is 0 Å². The molecule has 2 aromatic heterocycles. The van der Waals surface area contributed by atoms with Gasteiger partial charge in [-0.25, -0.2) is 0 Å². The van der Waals surface area contributed by atoms with E-state index in [1.807, 2.05) is 12.1 Å². The Bertz CT molecular complexity index is 1950. The van der Waals surface area contributed by atoms with Crippen molar-refractivity contribution in [2.45, 2.75) is 12.3 Å². The SMILES string of the molecule is Cn1c(=O)c([C@H]2CC(=O)Oc3cc(O)c4c(=O)c(O)c(-c5ccc(O)c(O)c5)oc4c32)cc2ccccc21. The highest BCUT2D eigenvalue weighted by Crippen LogP contribution is 2.47. The molecule has 0 aliphatic carbocycles. The van der Waals surface area contributed by atoms with Gasteiger partial charge >= 0.3 is 5.97 Å². The van der Waals surface area contributed by atoms with Crippen molar-refractivity contribution in [2.75, 3.05) is 0 Å². The summed E-state index contributed by atoms with van der Waals surface area (Å²) in [6.45, 7) is 0. The fraction of sp³-hybridized carbons (Fsp3) is 0.107. The number of hydrogen-bond acceptors (Lipinski definition) is 9. The van der Waals surface area contributed by atoms with Crippen LogP contribution in [-0.2, 0) is 11.8 Å². The van der Waals surface area contributed by atoms with Crippen molar-refractivity contribution in [3.05, 3.63) is 86.3 Å². The Morgan fingerprint density at radius 3 is 2.42 bits per heavy atom. The zero-order chi connectivity index (χ0) is 26.9. The Labute approximate surface area is 212 Å². The average molecular weight is 513 g/mol. The molecule has 0 saturated heterocycles. The van der Waals surface area contributed by atoms with Gasteiger partial charge in [0.25, 0.3) is 5.56 Å². The van der Waals surface area contributed by atoms with Crippen LogP contribution >= 0.6 is 0 Å². The maximum absolute atomic E-state index is 13.5. The molecule has 10 nitrogen and oxygen atoms in total. The first-order valence-corrected chi connectivity index (χ1v) is 11.5. The molecule has 0 spiro atoms. The Hall–Kier alpha value is -5.25. The van der Waals surface area contributed by atoms with Crippen molar-refractivity contribution in [1.82, 2.24) is 4.57 Å².